The molecule has 2 amide bonds. The first-order chi connectivity index (χ1) is 12.4. The van der Waals surface area contributed by atoms with Crippen LogP contribution in [0.15, 0.2) is 12.5 Å². The summed E-state index contributed by atoms with van der Waals surface area (Å²) in [5.41, 5.74) is -0.847. The van der Waals surface area contributed by atoms with Crippen LogP contribution < -0.4 is 0 Å². The normalized spacial score (nSPS) is 18.4. The topological polar surface area (TPSA) is 100.0 Å². The molecule has 0 aliphatic carbocycles. The van der Waals surface area contributed by atoms with Crippen molar-refractivity contribution in [2.24, 2.45) is 0 Å². The maximum absolute atomic E-state index is 12.6. The highest BCUT2D eigenvalue weighted by molar-refractivity contribution is 5.95. The minimum atomic E-state index is -0.867. The highest BCUT2D eigenvalue weighted by atomic mass is 16.6. The predicted octanol–water partition coefficient (Wildman–Crippen LogP) is 2.37. The van der Waals surface area contributed by atoms with E-state index < -0.39 is 35.4 Å². The Morgan fingerprint density at radius 3 is 2.33 bits per heavy atom. The lowest BCUT2D eigenvalue weighted by Crippen LogP contribution is -2.52. The zero-order valence-electron chi connectivity index (χ0n) is 16.6. The largest absolute Gasteiger partial charge is 0.443 e. The van der Waals surface area contributed by atoms with Crippen molar-refractivity contribution in [1.82, 2.24) is 14.5 Å². The molecule has 1 aliphatic heterocycles. The van der Waals surface area contributed by atoms with E-state index in [1.807, 2.05) is 0 Å². The van der Waals surface area contributed by atoms with E-state index in [2.05, 4.69) is 4.98 Å². The number of carbonyl (C=O) groups is 3. The van der Waals surface area contributed by atoms with Gasteiger partial charge in [-0.1, -0.05) is 0 Å². The summed E-state index contributed by atoms with van der Waals surface area (Å²) in [6, 6.07) is 0. The molecular formula is C18H27N3O6. The SMILES string of the molecule is CC(C)(C)OC(=O)N1CCOC(Cc2cn(C(=O)OC(C)(C)C)cn2)C1=O. The molecule has 9 nitrogen and oxygen atoms in total. The van der Waals surface area contributed by atoms with Gasteiger partial charge in [-0.25, -0.2) is 24.0 Å². The van der Waals surface area contributed by atoms with Crippen LogP contribution in [0.1, 0.15) is 47.2 Å². The quantitative estimate of drug-likeness (QED) is 0.775. The van der Waals surface area contributed by atoms with Crippen molar-refractivity contribution < 1.29 is 28.6 Å². The van der Waals surface area contributed by atoms with E-state index in [1.54, 1.807) is 41.5 Å². The van der Waals surface area contributed by atoms with Crippen molar-refractivity contribution in [2.75, 3.05) is 13.2 Å². The minimum absolute atomic E-state index is 0.133. The first-order valence-electron chi connectivity index (χ1n) is 8.78. The number of nitrogens with zero attached hydrogens (tertiary/aromatic N) is 3. The lowest BCUT2D eigenvalue weighted by molar-refractivity contribution is -0.151. The van der Waals surface area contributed by atoms with Gasteiger partial charge in [-0.2, -0.15) is 0 Å². The summed E-state index contributed by atoms with van der Waals surface area (Å²) < 4.78 is 17.2. The zero-order valence-corrected chi connectivity index (χ0v) is 16.6. The van der Waals surface area contributed by atoms with Crippen molar-refractivity contribution in [2.45, 2.75) is 65.3 Å². The Kier molecular flexibility index (Phi) is 5.94. The maximum Gasteiger partial charge on any atom is 0.419 e. The van der Waals surface area contributed by atoms with E-state index in [-0.39, 0.29) is 19.6 Å². The van der Waals surface area contributed by atoms with Crippen LogP contribution >= 0.6 is 0 Å². The fourth-order valence-electron chi connectivity index (χ4n) is 2.36. The average Bonchev–Trinajstić information content (AvgIpc) is 2.94. The number of ether oxygens (including phenoxy) is 3. The predicted molar refractivity (Wildman–Crippen MR) is 95.3 cm³/mol. The fraction of sp³-hybridized carbons (Fsp3) is 0.667. The molecule has 27 heavy (non-hydrogen) atoms. The molecule has 2 heterocycles. The van der Waals surface area contributed by atoms with Gasteiger partial charge in [-0.15, -0.1) is 0 Å². The molecule has 0 spiro atoms. The van der Waals surface area contributed by atoms with Crippen LogP contribution in [-0.2, 0) is 25.4 Å². The Bertz CT molecular complexity index is 713. The molecule has 9 heteroatoms. The molecular weight excluding hydrogens is 354 g/mol. The van der Waals surface area contributed by atoms with Crippen molar-refractivity contribution in [3.05, 3.63) is 18.2 Å². The lowest BCUT2D eigenvalue weighted by Gasteiger charge is -2.32. The molecule has 1 fully saturated rings. The summed E-state index contributed by atoms with van der Waals surface area (Å²) in [6.07, 6.45) is 0.814. The highest BCUT2D eigenvalue weighted by Gasteiger charge is 2.36. The number of amides is 2. The van der Waals surface area contributed by atoms with Crippen molar-refractivity contribution in [3.8, 4) is 0 Å². The lowest BCUT2D eigenvalue weighted by atomic mass is 10.1. The van der Waals surface area contributed by atoms with Crippen LogP contribution in [0.4, 0.5) is 9.59 Å². The second kappa shape index (κ2) is 7.67. The fourth-order valence-corrected chi connectivity index (χ4v) is 2.36. The van der Waals surface area contributed by atoms with Crippen LogP contribution in [0.5, 0.6) is 0 Å². The zero-order chi connectivity index (χ0) is 20.4. The van der Waals surface area contributed by atoms with Crippen molar-refractivity contribution in [3.63, 3.8) is 0 Å². The van der Waals surface area contributed by atoms with Gasteiger partial charge >= 0.3 is 12.2 Å². The molecule has 1 aliphatic rings. The molecule has 150 valence electrons. The number of aromatic nitrogens is 2. The first kappa shape index (κ1) is 20.9. The average molecular weight is 381 g/mol. The number of imidazole rings is 1. The van der Waals surface area contributed by atoms with Crippen LogP contribution in [0.25, 0.3) is 0 Å². The molecule has 2 rings (SSSR count). The van der Waals surface area contributed by atoms with Crippen LogP contribution in [0, 0.1) is 0 Å². The molecule has 1 atom stereocenters. The van der Waals surface area contributed by atoms with E-state index >= 15 is 0 Å². The third-order valence-corrected chi connectivity index (χ3v) is 3.42. The first-order valence-corrected chi connectivity index (χ1v) is 8.78. The number of hydrogen-bond acceptors (Lipinski definition) is 7. The molecule has 0 bridgehead atoms. The standard InChI is InChI=1S/C18H27N3O6/c1-17(2,3)26-15(23)20-10-12(19-11-20)9-13-14(22)21(7-8-25-13)16(24)27-18(4,5)6/h10-11,13H,7-9H2,1-6H3. The Labute approximate surface area is 158 Å². The third kappa shape index (κ3) is 6.06. The minimum Gasteiger partial charge on any atom is -0.443 e. The van der Waals surface area contributed by atoms with Gasteiger partial charge in [0.05, 0.1) is 18.8 Å². The van der Waals surface area contributed by atoms with Gasteiger partial charge in [0.25, 0.3) is 5.91 Å². The molecule has 1 unspecified atom stereocenters. The Balaban J connectivity index is 2.02. The molecule has 1 saturated heterocycles. The van der Waals surface area contributed by atoms with Crippen LogP contribution in [-0.4, -0.2) is 63.0 Å². The van der Waals surface area contributed by atoms with Gasteiger partial charge < -0.3 is 14.2 Å². The van der Waals surface area contributed by atoms with Crippen molar-refractivity contribution in [1.29, 1.82) is 0 Å². The summed E-state index contributed by atoms with van der Waals surface area (Å²) in [7, 11) is 0. The van der Waals surface area contributed by atoms with E-state index in [0.29, 0.717) is 5.69 Å². The summed E-state index contributed by atoms with van der Waals surface area (Å²) in [4.78, 5) is 42.0. The maximum atomic E-state index is 12.6. The van der Waals surface area contributed by atoms with E-state index in [4.69, 9.17) is 14.2 Å². The Morgan fingerprint density at radius 1 is 1.15 bits per heavy atom. The van der Waals surface area contributed by atoms with Crippen molar-refractivity contribution >= 4 is 18.1 Å². The van der Waals surface area contributed by atoms with Crippen LogP contribution in [0.3, 0.4) is 0 Å². The van der Waals surface area contributed by atoms with Gasteiger partial charge in [0.1, 0.15) is 23.6 Å². The molecule has 1 aromatic rings. The third-order valence-electron chi connectivity index (χ3n) is 3.42. The van der Waals surface area contributed by atoms with Gasteiger partial charge in [0, 0.05) is 12.6 Å². The highest BCUT2D eigenvalue weighted by Crippen LogP contribution is 2.17. The number of hydrogen-bond donors (Lipinski definition) is 0. The molecule has 1 aromatic heterocycles. The number of carbonyl (C=O) groups excluding carboxylic acids is 3. The monoisotopic (exact) mass is 381 g/mol. The number of rotatable bonds is 2. The second-order valence-corrected chi connectivity index (χ2v) is 8.29. The van der Waals surface area contributed by atoms with Gasteiger partial charge in [-0.3, -0.25) is 4.79 Å². The van der Waals surface area contributed by atoms with Crippen LogP contribution in [0.2, 0.25) is 0 Å². The smallest absolute Gasteiger partial charge is 0.419 e. The van der Waals surface area contributed by atoms with Gasteiger partial charge in [-0.05, 0) is 41.5 Å². The molecule has 0 saturated carbocycles. The summed E-state index contributed by atoms with van der Waals surface area (Å²) in [5, 5.41) is 0. The summed E-state index contributed by atoms with van der Waals surface area (Å²) >= 11 is 0. The van der Waals surface area contributed by atoms with E-state index in [1.165, 1.54) is 17.1 Å². The van der Waals surface area contributed by atoms with E-state index in [0.717, 1.165) is 4.90 Å². The second-order valence-electron chi connectivity index (χ2n) is 8.29. The summed E-state index contributed by atoms with van der Waals surface area (Å²) in [5.74, 6) is -0.484. The van der Waals surface area contributed by atoms with Gasteiger partial charge in [0.15, 0.2) is 0 Å². The van der Waals surface area contributed by atoms with E-state index in [9.17, 15) is 14.4 Å². The molecule has 0 N–H and O–H groups in total. The number of morpholine rings is 1. The Hall–Kier alpha value is -2.42. The molecule has 0 radical (unpaired) electrons. The van der Waals surface area contributed by atoms with Gasteiger partial charge in [0.2, 0.25) is 0 Å². The number of imide groups is 1. The molecule has 0 aromatic carbocycles. The Morgan fingerprint density at radius 2 is 1.74 bits per heavy atom. The summed E-state index contributed by atoms with van der Waals surface area (Å²) in [6.45, 7) is 10.8.